The molecule has 0 aliphatic carbocycles. The number of halogens is 1. The number of benzene rings is 1. The number of nitrogens with one attached hydrogen (secondary N) is 1. The minimum absolute atomic E-state index is 0.0945. The molecule has 7 heteroatoms. The fourth-order valence-corrected chi connectivity index (χ4v) is 2.19. The maximum Gasteiger partial charge on any atom is 0.247 e. The summed E-state index contributed by atoms with van der Waals surface area (Å²) < 4.78 is 2.47. The molecule has 2 aromatic heterocycles. The molecule has 21 heavy (non-hydrogen) atoms. The maximum absolute atomic E-state index is 12.1. The van der Waals surface area contributed by atoms with Gasteiger partial charge in [0.25, 0.3) is 0 Å². The van der Waals surface area contributed by atoms with Gasteiger partial charge in [0.1, 0.15) is 17.9 Å². The topological polar surface area (TPSA) is 72.7 Å². The van der Waals surface area contributed by atoms with Crippen LogP contribution in [-0.4, -0.2) is 25.9 Å². The first-order chi connectivity index (χ1) is 10.1. The van der Waals surface area contributed by atoms with E-state index in [2.05, 4.69) is 36.5 Å². The number of fused-ring (bicyclic) bond motifs is 1. The molecule has 0 fully saturated rings. The number of amides is 1. The molecule has 0 aliphatic rings. The first-order valence-electron chi connectivity index (χ1n) is 6.35. The number of pyridine rings is 1. The number of rotatable bonds is 3. The molecule has 0 spiro atoms. The van der Waals surface area contributed by atoms with Crippen LogP contribution in [0.1, 0.15) is 5.69 Å². The smallest absolute Gasteiger partial charge is 0.247 e. The van der Waals surface area contributed by atoms with Crippen molar-refractivity contribution >= 4 is 38.7 Å². The molecule has 106 valence electrons. The molecule has 0 bridgehead atoms. The fraction of sp³-hybridized carbons (Fsp3) is 0.143. The number of nitrogens with zero attached hydrogens (tertiary/aromatic N) is 4. The third-order valence-corrected chi connectivity index (χ3v) is 3.84. The highest BCUT2D eigenvalue weighted by molar-refractivity contribution is 9.10. The summed E-state index contributed by atoms with van der Waals surface area (Å²) in [5, 5.41) is 10.8. The van der Waals surface area contributed by atoms with Crippen molar-refractivity contribution in [3.8, 4) is 0 Å². The van der Waals surface area contributed by atoms with Crippen LogP contribution in [0, 0.1) is 6.92 Å². The second kappa shape index (κ2) is 5.61. The third-order valence-electron chi connectivity index (χ3n) is 3.00. The first kappa shape index (κ1) is 13.7. The van der Waals surface area contributed by atoms with E-state index in [1.54, 1.807) is 10.7 Å². The van der Waals surface area contributed by atoms with Gasteiger partial charge >= 0.3 is 0 Å². The molecule has 6 nitrogen and oxygen atoms in total. The summed E-state index contributed by atoms with van der Waals surface area (Å²) >= 11 is 3.37. The summed E-state index contributed by atoms with van der Waals surface area (Å²) in [5.41, 5.74) is 2.41. The van der Waals surface area contributed by atoms with E-state index in [0.717, 1.165) is 21.2 Å². The van der Waals surface area contributed by atoms with Crippen LogP contribution in [0.4, 0.5) is 5.82 Å². The van der Waals surface area contributed by atoms with Gasteiger partial charge in [0.2, 0.25) is 5.91 Å². The quantitative estimate of drug-likeness (QED) is 0.791. The molecule has 2 heterocycles. The number of hydrogen-bond acceptors (Lipinski definition) is 4. The molecule has 0 saturated carbocycles. The van der Waals surface area contributed by atoms with Crippen LogP contribution >= 0.6 is 15.9 Å². The van der Waals surface area contributed by atoms with Gasteiger partial charge in [-0.2, -0.15) is 0 Å². The van der Waals surface area contributed by atoms with E-state index in [1.165, 1.54) is 0 Å². The van der Waals surface area contributed by atoms with Gasteiger partial charge in [-0.15, -0.1) is 5.10 Å². The third kappa shape index (κ3) is 2.92. The Balaban J connectivity index is 1.75. The Morgan fingerprint density at radius 2 is 2.10 bits per heavy atom. The molecule has 0 unspecified atom stereocenters. The van der Waals surface area contributed by atoms with Gasteiger partial charge < -0.3 is 5.32 Å². The maximum atomic E-state index is 12.1. The molecule has 0 radical (unpaired) electrons. The van der Waals surface area contributed by atoms with E-state index in [9.17, 15) is 4.79 Å². The minimum Gasteiger partial charge on any atom is -0.309 e. The van der Waals surface area contributed by atoms with Gasteiger partial charge in [0.15, 0.2) is 0 Å². The summed E-state index contributed by atoms with van der Waals surface area (Å²) in [4.78, 5) is 16.3. The highest BCUT2D eigenvalue weighted by atomic mass is 79.9. The second-order valence-electron chi connectivity index (χ2n) is 4.55. The van der Waals surface area contributed by atoms with Crippen molar-refractivity contribution in [2.24, 2.45) is 0 Å². The zero-order chi connectivity index (χ0) is 14.8. The first-order valence-corrected chi connectivity index (χ1v) is 7.14. The van der Waals surface area contributed by atoms with Crippen molar-refractivity contribution in [1.29, 1.82) is 0 Å². The Hall–Kier alpha value is -2.28. The summed E-state index contributed by atoms with van der Waals surface area (Å²) in [6, 6.07) is 11.1. The van der Waals surface area contributed by atoms with Gasteiger partial charge in [-0.1, -0.05) is 17.3 Å². The Bertz CT molecular complexity index is 814. The average molecular weight is 346 g/mol. The van der Waals surface area contributed by atoms with Crippen LogP contribution < -0.4 is 5.32 Å². The lowest BCUT2D eigenvalue weighted by atomic mass is 10.3. The van der Waals surface area contributed by atoms with Crippen LogP contribution in [0.5, 0.6) is 0 Å². The SMILES string of the molecule is Cc1nc(NC(=O)Cn2nnc3ccccc32)ccc1Br. The summed E-state index contributed by atoms with van der Waals surface area (Å²) in [6.07, 6.45) is 0. The normalized spacial score (nSPS) is 10.8. The van der Waals surface area contributed by atoms with Gasteiger partial charge in [0, 0.05) is 4.47 Å². The zero-order valence-corrected chi connectivity index (χ0v) is 12.8. The molecular weight excluding hydrogens is 334 g/mol. The van der Waals surface area contributed by atoms with Crippen LogP contribution in [0.15, 0.2) is 40.9 Å². The van der Waals surface area contributed by atoms with Crippen molar-refractivity contribution in [2.75, 3.05) is 5.32 Å². The predicted octanol–water partition coefficient (Wildman–Crippen LogP) is 2.54. The van der Waals surface area contributed by atoms with E-state index in [-0.39, 0.29) is 12.5 Å². The van der Waals surface area contributed by atoms with Crippen LogP contribution in [0.3, 0.4) is 0 Å². The van der Waals surface area contributed by atoms with Crippen molar-refractivity contribution in [3.05, 3.63) is 46.6 Å². The minimum atomic E-state index is -0.195. The van der Waals surface area contributed by atoms with Gasteiger partial charge in [-0.25, -0.2) is 9.67 Å². The molecule has 3 aromatic rings. The molecule has 0 aliphatic heterocycles. The largest absolute Gasteiger partial charge is 0.309 e. The molecule has 1 aromatic carbocycles. The predicted molar refractivity (Wildman–Crippen MR) is 82.8 cm³/mol. The lowest BCUT2D eigenvalue weighted by Crippen LogP contribution is -2.20. The van der Waals surface area contributed by atoms with E-state index in [0.29, 0.717) is 5.82 Å². The fourth-order valence-electron chi connectivity index (χ4n) is 1.97. The number of carbonyl (C=O) groups is 1. The van der Waals surface area contributed by atoms with Crippen LogP contribution in [0.2, 0.25) is 0 Å². The van der Waals surface area contributed by atoms with Crippen molar-refractivity contribution < 1.29 is 4.79 Å². The standard InChI is InChI=1S/C14H12BrN5O/c1-9-10(15)6-7-13(16-9)17-14(21)8-20-12-5-3-2-4-11(12)18-19-20/h2-7H,8H2,1H3,(H,16,17,21). The summed E-state index contributed by atoms with van der Waals surface area (Å²) in [6.45, 7) is 1.96. The van der Waals surface area contributed by atoms with Gasteiger partial charge in [-0.05, 0) is 47.1 Å². The highest BCUT2D eigenvalue weighted by Crippen LogP contribution is 2.16. The monoisotopic (exact) mass is 345 g/mol. The van der Waals surface area contributed by atoms with Gasteiger partial charge in [0.05, 0.1) is 11.2 Å². The summed E-state index contributed by atoms with van der Waals surface area (Å²) in [7, 11) is 0. The van der Waals surface area contributed by atoms with Crippen LogP contribution in [0.25, 0.3) is 11.0 Å². The number of aromatic nitrogens is 4. The van der Waals surface area contributed by atoms with E-state index >= 15 is 0 Å². The lowest BCUT2D eigenvalue weighted by Gasteiger charge is -2.06. The van der Waals surface area contributed by atoms with Gasteiger partial charge in [-0.3, -0.25) is 4.79 Å². The Labute approximate surface area is 129 Å². The van der Waals surface area contributed by atoms with E-state index in [1.807, 2.05) is 37.3 Å². The van der Waals surface area contributed by atoms with Crippen molar-refractivity contribution in [3.63, 3.8) is 0 Å². The number of para-hydroxylation sites is 1. The van der Waals surface area contributed by atoms with E-state index < -0.39 is 0 Å². The molecule has 0 saturated heterocycles. The molecule has 3 rings (SSSR count). The summed E-state index contributed by atoms with van der Waals surface area (Å²) in [5.74, 6) is 0.324. The molecule has 1 amide bonds. The van der Waals surface area contributed by atoms with E-state index in [4.69, 9.17) is 0 Å². The zero-order valence-electron chi connectivity index (χ0n) is 11.2. The molecule has 0 atom stereocenters. The van der Waals surface area contributed by atoms with Crippen LogP contribution in [-0.2, 0) is 11.3 Å². The molecule has 1 N–H and O–H groups in total. The highest BCUT2D eigenvalue weighted by Gasteiger charge is 2.09. The lowest BCUT2D eigenvalue weighted by molar-refractivity contribution is -0.116. The van der Waals surface area contributed by atoms with Crippen molar-refractivity contribution in [1.82, 2.24) is 20.0 Å². The second-order valence-corrected chi connectivity index (χ2v) is 5.40. The Morgan fingerprint density at radius 3 is 2.90 bits per heavy atom. The number of aryl methyl sites for hydroxylation is 1. The average Bonchev–Trinajstić information content (AvgIpc) is 2.86. The Morgan fingerprint density at radius 1 is 1.29 bits per heavy atom. The number of carbonyl (C=O) groups excluding carboxylic acids is 1. The number of anilines is 1. The molecular formula is C14H12BrN5O. The Kier molecular flexibility index (Phi) is 3.66. The van der Waals surface area contributed by atoms with Crippen molar-refractivity contribution in [2.45, 2.75) is 13.5 Å². The number of hydrogen-bond donors (Lipinski definition) is 1.